The number of halogens is 1. The molecule has 0 aromatic carbocycles. The largest absolute Gasteiger partial charge is 0.476 e. The van der Waals surface area contributed by atoms with Crippen LogP contribution < -0.4 is 4.74 Å². The second kappa shape index (κ2) is 6.09. The summed E-state index contributed by atoms with van der Waals surface area (Å²) in [5.41, 5.74) is 0. The van der Waals surface area contributed by atoms with E-state index in [0.717, 1.165) is 18.6 Å². The first kappa shape index (κ1) is 15.0. The lowest BCUT2D eigenvalue weighted by Gasteiger charge is -2.44. The fourth-order valence-corrected chi connectivity index (χ4v) is 4.28. The highest BCUT2D eigenvalue weighted by molar-refractivity contribution is 6.29. The van der Waals surface area contributed by atoms with Crippen molar-refractivity contribution < 1.29 is 4.74 Å². The molecule has 2 bridgehead atoms. The molecule has 2 aliphatic rings. The molecule has 0 aliphatic carbocycles. The number of aromatic nitrogens is 2. The number of hydrogen-bond donors (Lipinski definition) is 0. The molecule has 5 heteroatoms. The van der Waals surface area contributed by atoms with Gasteiger partial charge >= 0.3 is 0 Å². The van der Waals surface area contributed by atoms with Crippen LogP contribution in [0.15, 0.2) is 12.1 Å². The van der Waals surface area contributed by atoms with Crippen LogP contribution in [0.3, 0.4) is 0 Å². The highest BCUT2D eigenvalue weighted by Crippen LogP contribution is 2.44. The third-order valence-electron chi connectivity index (χ3n) is 5.37. The normalized spacial score (nSPS) is 32.6. The van der Waals surface area contributed by atoms with Crippen LogP contribution >= 0.6 is 11.6 Å². The van der Waals surface area contributed by atoms with Crippen LogP contribution in [0, 0.1) is 17.8 Å². The minimum absolute atomic E-state index is 0.401. The van der Waals surface area contributed by atoms with E-state index in [4.69, 9.17) is 16.3 Å². The van der Waals surface area contributed by atoms with Gasteiger partial charge in [0.25, 0.3) is 0 Å². The summed E-state index contributed by atoms with van der Waals surface area (Å²) < 4.78 is 5.92. The molecule has 4 unspecified atom stereocenters. The van der Waals surface area contributed by atoms with Gasteiger partial charge in [-0.05, 0) is 44.2 Å². The summed E-state index contributed by atoms with van der Waals surface area (Å²) in [5.74, 6) is 2.58. The zero-order chi connectivity index (χ0) is 15.0. The maximum atomic E-state index is 5.92. The number of fused-ring (bicyclic) bond motifs is 2. The van der Waals surface area contributed by atoms with Crippen molar-refractivity contribution in [3.8, 4) is 5.88 Å². The number of ether oxygens (including phenoxy) is 1. The summed E-state index contributed by atoms with van der Waals surface area (Å²) >= 11 is 5.76. The van der Waals surface area contributed by atoms with Gasteiger partial charge < -0.3 is 9.64 Å². The Morgan fingerprint density at radius 1 is 1.33 bits per heavy atom. The standard InChI is InChI=1S/C16H24ClN3O/c1-10(2)12-8-11-4-5-14(20(11)3)13(12)9-21-16-7-6-15(17)18-19-16/h6-7,10-14H,4-5,8-9H2,1-3H3. The van der Waals surface area contributed by atoms with Crippen molar-refractivity contribution in [1.82, 2.24) is 15.1 Å². The molecule has 4 atom stereocenters. The van der Waals surface area contributed by atoms with E-state index in [1.165, 1.54) is 19.3 Å². The van der Waals surface area contributed by atoms with Crippen LogP contribution in [0.4, 0.5) is 0 Å². The third-order valence-corrected chi connectivity index (χ3v) is 5.57. The summed E-state index contributed by atoms with van der Waals surface area (Å²) in [6.45, 7) is 5.40. The molecular formula is C16H24ClN3O. The number of rotatable bonds is 4. The molecule has 0 saturated carbocycles. The highest BCUT2D eigenvalue weighted by atomic mass is 35.5. The third kappa shape index (κ3) is 3.02. The topological polar surface area (TPSA) is 38.3 Å². The Morgan fingerprint density at radius 3 is 2.81 bits per heavy atom. The van der Waals surface area contributed by atoms with E-state index in [0.29, 0.717) is 28.9 Å². The van der Waals surface area contributed by atoms with E-state index in [1.54, 1.807) is 12.1 Å². The molecule has 0 spiro atoms. The maximum Gasteiger partial charge on any atom is 0.233 e. The Bertz CT molecular complexity index is 479. The molecule has 2 fully saturated rings. The van der Waals surface area contributed by atoms with Crippen molar-refractivity contribution in [1.29, 1.82) is 0 Å². The minimum Gasteiger partial charge on any atom is -0.476 e. The van der Waals surface area contributed by atoms with Crippen LogP contribution in [0.25, 0.3) is 0 Å². The lowest BCUT2D eigenvalue weighted by atomic mass is 9.74. The summed E-state index contributed by atoms with van der Waals surface area (Å²) in [4.78, 5) is 2.57. The zero-order valence-electron chi connectivity index (χ0n) is 13.0. The van der Waals surface area contributed by atoms with Crippen molar-refractivity contribution in [2.24, 2.45) is 17.8 Å². The van der Waals surface area contributed by atoms with Crippen molar-refractivity contribution >= 4 is 11.6 Å². The van der Waals surface area contributed by atoms with E-state index in [1.807, 2.05) is 0 Å². The summed E-state index contributed by atoms with van der Waals surface area (Å²) in [5, 5.41) is 8.24. The fourth-order valence-electron chi connectivity index (χ4n) is 4.18. The van der Waals surface area contributed by atoms with Crippen molar-refractivity contribution in [2.75, 3.05) is 13.7 Å². The van der Waals surface area contributed by atoms with E-state index in [-0.39, 0.29) is 0 Å². The monoisotopic (exact) mass is 309 g/mol. The molecular weight excluding hydrogens is 286 g/mol. The molecule has 2 saturated heterocycles. The van der Waals surface area contributed by atoms with E-state index < -0.39 is 0 Å². The van der Waals surface area contributed by atoms with Gasteiger partial charge in [0, 0.05) is 24.1 Å². The lowest BCUT2D eigenvalue weighted by Crippen LogP contribution is -2.50. The first-order chi connectivity index (χ1) is 10.1. The van der Waals surface area contributed by atoms with Crippen molar-refractivity contribution in [3.63, 3.8) is 0 Å². The predicted octanol–water partition coefficient (Wildman–Crippen LogP) is 3.26. The van der Waals surface area contributed by atoms with Gasteiger partial charge in [-0.25, -0.2) is 0 Å². The quantitative estimate of drug-likeness (QED) is 0.855. The maximum absolute atomic E-state index is 5.92. The molecule has 2 aliphatic heterocycles. The van der Waals surface area contributed by atoms with Gasteiger partial charge in [0.1, 0.15) is 0 Å². The molecule has 21 heavy (non-hydrogen) atoms. The first-order valence-corrected chi connectivity index (χ1v) is 8.28. The average molecular weight is 310 g/mol. The van der Waals surface area contributed by atoms with Crippen LogP contribution in [0.1, 0.15) is 33.1 Å². The Balaban J connectivity index is 1.70. The molecule has 1 aromatic rings. The first-order valence-electron chi connectivity index (χ1n) is 7.90. The van der Waals surface area contributed by atoms with Gasteiger partial charge in [0.05, 0.1) is 6.61 Å². The Morgan fingerprint density at radius 2 is 2.14 bits per heavy atom. The van der Waals surface area contributed by atoms with E-state index in [2.05, 4.69) is 36.0 Å². The van der Waals surface area contributed by atoms with Gasteiger partial charge in [-0.15, -0.1) is 10.2 Å². The molecule has 116 valence electrons. The van der Waals surface area contributed by atoms with Gasteiger partial charge in [-0.3, -0.25) is 0 Å². The second-order valence-electron chi connectivity index (χ2n) is 6.78. The summed E-state index contributed by atoms with van der Waals surface area (Å²) in [6, 6.07) is 4.94. The van der Waals surface area contributed by atoms with Crippen LogP contribution in [-0.4, -0.2) is 40.8 Å². The van der Waals surface area contributed by atoms with Gasteiger partial charge in [-0.2, -0.15) is 0 Å². The molecule has 0 N–H and O–H groups in total. The molecule has 3 rings (SSSR count). The Kier molecular flexibility index (Phi) is 4.36. The molecule has 0 radical (unpaired) electrons. The van der Waals surface area contributed by atoms with E-state index in [9.17, 15) is 0 Å². The van der Waals surface area contributed by atoms with Gasteiger partial charge in [0.2, 0.25) is 5.88 Å². The highest BCUT2D eigenvalue weighted by Gasteiger charge is 2.46. The average Bonchev–Trinajstić information content (AvgIpc) is 2.71. The molecule has 3 heterocycles. The molecule has 1 aromatic heterocycles. The SMILES string of the molecule is CC(C)C1CC2CCC(C1COc1ccc(Cl)nn1)N2C. The van der Waals surface area contributed by atoms with Crippen LogP contribution in [-0.2, 0) is 0 Å². The predicted molar refractivity (Wildman–Crippen MR) is 83.5 cm³/mol. The Hall–Kier alpha value is -0.870. The van der Waals surface area contributed by atoms with Crippen LogP contribution in [0.5, 0.6) is 5.88 Å². The number of piperidine rings is 1. The zero-order valence-corrected chi connectivity index (χ0v) is 13.8. The fraction of sp³-hybridized carbons (Fsp3) is 0.750. The van der Waals surface area contributed by atoms with E-state index >= 15 is 0 Å². The van der Waals surface area contributed by atoms with Crippen molar-refractivity contribution in [3.05, 3.63) is 17.3 Å². The minimum atomic E-state index is 0.401. The molecule has 0 amide bonds. The lowest BCUT2D eigenvalue weighted by molar-refractivity contribution is 0.0170. The smallest absolute Gasteiger partial charge is 0.233 e. The molecule has 4 nitrogen and oxygen atoms in total. The summed E-state index contributed by atoms with van der Waals surface area (Å²) in [6.07, 6.45) is 3.93. The van der Waals surface area contributed by atoms with Crippen molar-refractivity contribution in [2.45, 2.75) is 45.2 Å². The number of hydrogen-bond acceptors (Lipinski definition) is 4. The summed E-state index contributed by atoms with van der Waals surface area (Å²) in [7, 11) is 2.27. The Labute approximate surface area is 131 Å². The van der Waals surface area contributed by atoms with Crippen LogP contribution in [0.2, 0.25) is 5.15 Å². The van der Waals surface area contributed by atoms with Gasteiger partial charge in [-0.1, -0.05) is 25.4 Å². The number of nitrogens with zero attached hydrogens (tertiary/aromatic N) is 3. The second-order valence-corrected chi connectivity index (χ2v) is 7.16. The van der Waals surface area contributed by atoms with Gasteiger partial charge in [0.15, 0.2) is 5.15 Å².